The molecule has 11 rings (SSSR count). The summed E-state index contributed by atoms with van der Waals surface area (Å²) in [5, 5.41) is 4.56. The molecule has 0 bridgehead atoms. The largest absolute Gasteiger partial charge is 0.456 e. The second-order valence-corrected chi connectivity index (χ2v) is 13.1. The number of nitrogens with zero attached hydrogens (tertiary/aromatic N) is 5. The number of para-hydroxylation sites is 3. The second-order valence-electron chi connectivity index (χ2n) is 13.1. The van der Waals surface area contributed by atoms with E-state index < -0.39 is 0 Å². The van der Waals surface area contributed by atoms with Crippen LogP contribution in [0.25, 0.3) is 106 Å². The molecule has 0 aliphatic rings. The maximum atomic E-state index is 6.36. The first kappa shape index (κ1) is 29.4. The lowest BCUT2D eigenvalue weighted by atomic mass is 10.1. The topological polar surface area (TPSA) is 82.8 Å². The van der Waals surface area contributed by atoms with Crippen LogP contribution in [0.5, 0.6) is 0 Å². The fourth-order valence-electron chi connectivity index (χ4n) is 7.38. The minimum Gasteiger partial charge on any atom is -0.456 e. The Morgan fingerprint density at radius 1 is 0.358 bits per heavy atom. The van der Waals surface area contributed by atoms with E-state index in [9.17, 15) is 0 Å². The van der Waals surface area contributed by atoms with Crippen molar-refractivity contribution in [1.29, 1.82) is 0 Å². The first-order chi connectivity index (χ1) is 26.2. The molecule has 0 saturated carbocycles. The molecule has 4 aromatic heterocycles. The standard InChI is InChI=1S/C46H27N5O2/c1-2-11-28(12-3-1)43-48-44(50-45(49-43)30-21-23-36-35-17-6-9-20-40(35)52-42(36)27-30)29-22-24-41-37(26-29)47-46(53-41)31-13-10-14-32(25-31)51-38-18-7-4-15-33(38)34-16-5-8-19-39(34)51/h1-27H. The molecular formula is C46H27N5O2. The fourth-order valence-corrected chi connectivity index (χ4v) is 7.38. The highest BCUT2D eigenvalue weighted by Crippen LogP contribution is 2.36. The lowest BCUT2D eigenvalue weighted by molar-refractivity contribution is 0.620. The first-order valence-corrected chi connectivity index (χ1v) is 17.5. The van der Waals surface area contributed by atoms with Crippen LogP contribution >= 0.6 is 0 Å². The molecule has 0 aliphatic carbocycles. The van der Waals surface area contributed by atoms with Gasteiger partial charge >= 0.3 is 0 Å². The minimum absolute atomic E-state index is 0.540. The van der Waals surface area contributed by atoms with E-state index in [1.165, 1.54) is 10.8 Å². The van der Waals surface area contributed by atoms with Crippen LogP contribution in [0.2, 0.25) is 0 Å². The molecule has 0 N–H and O–H groups in total. The predicted octanol–water partition coefficient (Wildman–Crippen LogP) is 11.7. The Kier molecular flexibility index (Phi) is 6.42. The van der Waals surface area contributed by atoms with Gasteiger partial charge in [0, 0.05) is 49.5 Å². The van der Waals surface area contributed by atoms with E-state index in [1.54, 1.807) is 0 Å². The maximum absolute atomic E-state index is 6.36. The van der Waals surface area contributed by atoms with Crippen molar-refractivity contribution in [1.82, 2.24) is 24.5 Å². The van der Waals surface area contributed by atoms with E-state index in [2.05, 4.69) is 83.4 Å². The lowest BCUT2D eigenvalue weighted by Gasteiger charge is -2.08. The number of furan rings is 1. The van der Waals surface area contributed by atoms with E-state index in [1.807, 2.05) is 84.9 Å². The van der Waals surface area contributed by atoms with Gasteiger partial charge in [-0.2, -0.15) is 0 Å². The van der Waals surface area contributed by atoms with Crippen LogP contribution in [-0.4, -0.2) is 24.5 Å². The van der Waals surface area contributed by atoms with Gasteiger partial charge in [0.05, 0.1) is 11.0 Å². The smallest absolute Gasteiger partial charge is 0.227 e. The molecule has 7 nitrogen and oxygen atoms in total. The molecular weight excluding hydrogens is 655 g/mol. The number of aromatic nitrogens is 5. The summed E-state index contributed by atoms with van der Waals surface area (Å²) in [4.78, 5) is 19.9. The van der Waals surface area contributed by atoms with Crippen molar-refractivity contribution in [3.8, 4) is 51.3 Å². The molecule has 0 unspecified atom stereocenters. The van der Waals surface area contributed by atoms with E-state index >= 15 is 0 Å². The Morgan fingerprint density at radius 2 is 0.962 bits per heavy atom. The van der Waals surface area contributed by atoms with Gasteiger partial charge in [0.25, 0.3) is 0 Å². The Bertz CT molecular complexity index is 3140. The van der Waals surface area contributed by atoms with Gasteiger partial charge in [-0.3, -0.25) is 0 Å². The maximum Gasteiger partial charge on any atom is 0.227 e. The molecule has 7 heteroatoms. The second kappa shape index (κ2) is 11.6. The highest BCUT2D eigenvalue weighted by atomic mass is 16.3. The number of rotatable bonds is 5. The Balaban J connectivity index is 1.01. The molecule has 0 amide bonds. The predicted molar refractivity (Wildman–Crippen MR) is 211 cm³/mol. The van der Waals surface area contributed by atoms with Crippen molar-refractivity contribution in [3.05, 3.63) is 164 Å². The highest BCUT2D eigenvalue weighted by molar-refractivity contribution is 6.09. The third-order valence-corrected chi connectivity index (χ3v) is 9.88. The van der Waals surface area contributed by atoms with E-state index in [0.717, 1.165) is 60.9 Å². The summed E-state index contributed by atoms with van der Waals surface area (Å²) in [6.07, 6.45) is 0. The van der Waals surface area contributed by atoms with Gasteiger partial charge in [0.15, 0.2) is 23.1 Å². The number of fused-ring (bicyclic) bond motifs is 7. The van der Waals surface area contributed by atoms with Crippen LogP contribution in [0.1, 0.15) is 0 Å². The van der Waals surface area contributed by atoms with E-state index in [-0.39, 0.29) is 0 Å². The van der Waals surface area contributed by atoms with Crippen molar-refractivity contribution in [3.63, 3.8) is 0 Å². The van der Waals surface area contributed by atoms with Gasteiger partial charge in [0.1, 0.15) is 16.7 Å². The molecule has 248 valence electrons. The van der Waals surface area contributed by atoms with Crippen molar-refractivity contribution >= 4 is 54.8 Å². The summed E-state index contributed by atoms with van der Waals surface area (Å²) in [7, 11) is 0. The normalized spacial score (nSPS) is 11.8. The lowest BCUT2D eigenvalue weighted by Crippen LogP contribution is -2.00. The average molecular weight is 682 g/mol. The molecule has 0 atom stereocenters. The van der Waals surface area contributed by atoms with Gasteiger partial charge in [0.2, 0.25) is 5.89 Å². The van der Waals surface area contributed by atoms with Crippen molar-refractivity contribution in [2.24, 2.45) is 0 Å². The summed E-state index contributed by atoms with van der Waals surface area (Å²) < 4.78 is 14.9. The first-order valence-electron chi connectivity index (χ1n) is 17.5. The third kappa shape index (κ3) is 4.82. The number of hydrogen-bond donors (Lipinski definition) is 0. The molecule has 0 aliphatic heterocycles. The summed E-state index contributed by atoms with van der Waals surface area (Å²) in [6.45, 7) is 0. The van der Waals surface area contributed by atoms with Gasteiger partial charge < -0.3 is 13.4 Å². The molecule has 53 heavy (non-hydrogen) atoms. The van der Waals surface area contributed by atoms with Gasteiger partial charge in [-0.25, -0.2) is 19.9 Å². The number of benzene rings is 7. The monoisotopic (exact) mass is 681 g/mol. The Labute approximate surface area is 302 Å². The van der Waals surface area contributed by atoms with Gasteiger partial charge in [-0.15, -0.1) is 0 Å². The van der Waals surface area contributed by atoms with Gasteiger partial charge in [-0.05, 0) is 66.7 Å². The third-order valence-electron chi connectivity index (χ3n) is 9.88. The zero-order chi connectivity index (χ0) is 34.9. The minimum atomic E-state index is 0.540. The average Bonchev–Trinajstić information content (AvgIpc) is 3.92. The van der Waals surface area contributed by atoms with Crippen LogP contribution in [0.15, 0.2) is 173 Å². The Hall–Kier alpha value is -7.38. The van der Waals surface area contributed by atoms with Crippen LogP contribution < -0.4 is 0 Å². The van der Waals surface area contributed by atoms with Gasteiger partial charge in [-0.1, -0.05) is 97.1 Å². The van der Waals surface area contributed by atoms with Crippen molar-refractivity contribution < 1.29 is 8.83 Å². The zero-order valence-corrected chi connectivity index (χ0v) is 28.1. The Morgan fingerprint density at radius 3 is 1.74 bits per heavy atom. The van der Waals surface area contributed by atoms with Crippen molar-refractivity contribution in [2.75, 3.05) is 0 Å². The van der Waals surface area contributed by atoms with E-state index in [0.29, 0.717) is 34.5 Å². The molecule has 11 aromatic rings. The summed E-state index contributed by atoms with van der Waals surface area (Å²) in [5.41, 5.74) is 9.79. The quantitative estimate of drug-likeness (QED) is 0.180. The highest BCUT2D eigenvalue weighted by Gasteiger charge is 2.18. The molecule has 7 aromatic carbocycles. The zero-order valence-electron chi connectivity index (χ0n) is 28.1. The summed E-state index contributed by atoms with van der Waals surface area (Å²) in [5.74, 6) is 2.22. The molecule has 0 fully saturated rings. The SMILES string of the molecule is c1ccc(-c2nc(-c3ccc4oc(-c5cccc(-n6c7ccccc7c7ccccc76)c5)nc4c3)nc(-c3ccc4c(c3)oc3ccccc34)n2)cc1. The van der Waals surface area contributed by atoms with Crippen LogP contribution in [-0.2, 0) is 0 Å². The summed E-state index contributed by atoms with van der Waals surface area (Å²) in [6, 6.07) is 55.4. The molecule has 4 heterocycles. The van der Waals surface area contributed by atoms with E-state index in [4.69, 9.17) is 28.8 Å². The van der Waals surface area contributed by atoms with Crippen molar-refractivity contribution in [2.45, 2.75) is 0 Å². The summed E-state index contributed by atoms with van der Waals surface area (Å²) >= 11 is 0. The fraction of sp³-hybridized carbons (Fsp3) is 0. The molecule has 0 spiro atoms. The van der Waals surface area contributed by atoms with Crippen LogP contribution in [0.3, 0.4) is 0 Å². The molecule has 0 radical (unpaired) electrons. The van der Waals surface area contributed by atoms with Crippen LogP contribution in [0.4, 0.5) is 0 Å². The number of hydrogen-bond acceptors (Lipinski definition) is 6. The van der Waals surface area contributed by atoms with Crippen LogP contribution in [0, 0.1) is 0 Å². The number of oxazole rings is 1. The molecule has 0 saturated heterocycles.